The van der Waals surface area contributed by atoms with Crippen LogP contribution in [0.3, 0.4) is 0 Å². The lowest BCUT2D eigenvalue weighted by molar-refractivity contribution is -0.148. The van der Waals surface area contributed by atoms with Crippen LogP contribution in [0.2, 0.25) is 0 Å². The Bertz CT molecular complexity index is 279. The number of nitrogens with one attached hydrogen (secondary N) is 2. The summed E-state index contributed by atoms with van der Waals surface area (Å²) >= 11 is 0. The van der Waals surface area contributed by atoms with Crippen molar-refractivity contribution < 1.29 is 19.5 Å². The van der Waals surface area contributed by atoms with Gasteiger partial charge in [0.1, 0.15) is 0 Å². The van der Waals surface area contributed by atoms with E-state index in [1.54, 1.807) is 0 Å². The summed E-state index contributed by atoms with van der Waals surface area (Å²) in [6.45, 7) is 0. The van der Waals surface area contributed by atoms with E-state index in [4.69, 9.17) is 5.73 Å². The van der Waals surface area contributed by atoms with Gasteiger partial charge >= 0.3 is 0 Å². The molecule has 0 aliphatic carbocycles. The molecule has 0 bridgehead atoms. The van der Waals surface area contributed by atoms with Crippen molar-refractivity contribution in [3.8, 4) is 0 Å². The van der Waals surface area contributed by atoms with Gasteiger partial charge in [-0.25, -0.2) is 0 Å². The maximum atomic E-state index is 11.3. The Morgan fingerprint density at radius 2 is 1.73 bits per heavy atom. The molecule has 0 spiro atoms. The minimum Gasteiger partial charge on any atom is -0.379 e. The topological polar surface area (TPSA) is 122 Å². The number of nitrogens with two attached hydrogens (primary N) is 1. The van der Waals surface area contributed by atoms with Crippen molar-refractivity contribution in [2.24, 2.45) is 5.73 Å². The number of amides is 3. The van der Waals surface area contributed by atoms with Gasteiger partial charge in [-0.05, 0) is 0 Å². The minimum atomic E-state index is -2.08. The van der Waals surface area contributed by atoms with Gasteiger partial charge in [-0.2, -0.15) is 0 Å². The van der Waals surface area contributed by atoms with Crippen molar-refractivity contribution in [1.82, 2.24) is 10.6 Å². The molecule has 1 unspecified atom stereocenters. The van der Waals surface area contributed by atoms with Gasteiger partial charge in [0.05, 0.1) is 12.8 Å². The average Bonchev–Trinajstić information content (AvgIpc) is 2.14. The largest absolute Gasteiger partial charge is 0.379 e. The highest BCUT2D eigenvalue weighted by molar-refractivity contribution is 5.94. The van der Waals surface area contributed by atoms with Crippen LogP contribution in [0.5, 0.6) is 0 Å². The first kappa shape index (κ1) is 13.4. The maximum absolute atomic E-state index is 11.3. The van der Waals surface area contributed by atoms with Gasteiger partial charge in [0.15, 0.2) is 5.60 Å². The molecule has 0 aromatic rings. The third-order valence-corrected chi connectivity index (χ3v) is 1.85. The van der Waals surface area contributed by atoms with Crippen LogP contribution in [0.4, 0.5) is 0 Å². The van der Waals surface area contributed by atoms with Crippen molar-refractivity contribution in [1.29, 1.82) is 0 Å². The molecule has 0 fully saturated rings. The maximum Gasteiger partial charge on any atom is 0.252 e. The lowest BCUT2D eigenvalue weighted by atomic mass is 9.93. The Morgan fingerprint density at radius 3 is 2.07 bits per heavy atom. The molecular formula is C8H15N3O4. The van der Waals surface area contributed by atoms with Crippen molar-refractivity contribution in [3.63, 3.8) is 0 Å². The van der Waals surface area contributed by atoms with E-state index in [0.717, 1.165) is 0 Å². The first-order valence-corrected chi connectivity index (χ1v) is 4.29. The summed E-state index contributed by atoms with van der Waals surface area (Å²) in [5, 5.41) is 14.2. The SMILES string of the molecule is CNC(=O)CC(O)(CC(N)=O)C(=O)NC. The molecule has 0 aliphatic rings. The van der Waals surface area contributed by atoms with Crippen molar-refractivity contribution in [2.45, 2.75) is 18.4 Å². The molecule has 15 heavy (non-hydrogen) atoms. The van der Waals surface area contributed by atoms with Crippen LogP contribution in [0, 0.1) is 0 Å². The number of carbonyl (C=O) groups excluding carboxylic acids is 3. The number of primary amides is 1. The van der Waals surface area contributed by atoms with Gasteiger partial charge in [-0.3, -0.25) is 14.4 Å². The zero-order valence-electron chi connectivity index (χ0n) is 8.66. The first-order valence-electron chi connectivity index (χ1n) is 4.29. The zero-order chi connectivity index (χ0) is 12.1. The van der Waals surface area contributed by atoms with Crippen LogP contribution in [0.25, 0.3) is 0 Å². The molecule has 5 N–H and O–H groups in total. The number of aliphatic hydroxyl groups is 1. The van der Waals surface area contributed by atoms with Crippen LogP contribution in [-0.4, -0.2) is 42.5 Å². The lowest BCUT2D eigenvalue weighted by Gasteiger charge is -2.23. The molecule has 0 heterocycles. The Morgan fingerprint density at radius 1 is 1.20 bits per heavy atom. The van der Waals surface area contributed by atoms with E-state index >= 15 is 0 Å². The van der Waals surface area contributed by atoms with Crippen LogP contribution in [-0.2, 0) is 14.4 Å². The standard InChI is InChI=1S/C8H15N3O4/c1-10-6(13)4-8(15,3-5(9)12)7(14)11-2/h15H,3-4H2,1-2H3,(H2,9,12)(H,10,13)(H,11,14). The third-order valence-electron chi connectivity index (χ3n) is 1.85. The molecule has 0 aromatic carbocycles. The number of carbonyl (C=O) groups is 3. The van der Waals surface area contributed by atoms with Crippen LogP contribution in [0.1, 0.15) is 12.8 Å². The Hall–Kier alpha value is -1.63. The predicted octanol–water partition coefficient (Wildman–Crippen LogP) is -2.52. The Balaban J connectivity index is 4.76. The highest BCUT2D eigenvalue weighted by Gasteiger charge is 2.39. The minimum absolute atomic E-state index is 0.508. The van der Waals surface area contributed by atoms with E-state index in [1.165, 1.54) is 14.1 Å². The van der Waals surface area contributed by atoms with E-state index in [0.29, 0.717) is 0 Å². The number of hydrogen-bond donors (Lipinski definition) is 4. The van der Waals surface area contributed by atoms with E-state index in [9.17, 15) is 19.5 Å². The molecule has 0 saturated carbocycles. The summed E-state index contributed by atoms with van der Waals surface area (Å²) < 4.78 is 0. The second-order valence-electron chi connectivity index (χ2n) is 3.10. The first-order chi connectivity index (χ1) is 6.85. The molecule has 0 aromatic heterocycles. The van der Waals surface area contributed by atoms with Crippen molar-refractivity contribution in [3.05, 3.63) is 0 Å². The third kappa shape index (κ3) is 3.94. The van der Waals surface area contributed by atoms with Gasteiger partial charge in [0, 0.05) is 14.1 Å². The molecular weight excluding hydrogens is 202 g/mol. The highest BCUT2D eigenvalue weighted by atomic mass is 16.3. The van der Waals surface area contributed by atoms with Crippen LogP contribution in [0.15, 0.2) is 0 Å². The second-order valence-corrected chi connectivity index (χ2v) is 3.10. The molecule has 0 rings (SSSR count). The summed E-state index contributed by atoms with van der Waals surface area (Å²) in [5.74, 6) is -2.22. The number of likely N-dealkylation sites (N-methyl/N-ethyl adjacent to an activating group) is 1. The van der Waals surface area contributed by atoms with Crippen molar-refractivity contribution >= 4 is 17.7 Å². The lowest BCUT2D eigenvalue weighted by Crippen LogP contribution is -2.50. The summed E-state index contributed by atoms with van der Waals surface area (Å²) in [6.07, 6.45) is -1.10. The normalized spacial score (nSPS) is 13.8. The molecule has 0 radical (unpaired) electrons. The van der Waals surface area contributed by atoms with E-state index in [-0.39, 0.29) is 0 Å². The molecule has 7 nitrogen and oxygen atoms in total. The molecule has 3 amide bonds. The quantitative estimate of drug-likeness (QED) is 0.406. The molecule has 1 atom stereocenters. The fourth-order valence-electron chi connectivity index (χ4n) is 1.10. The smallest absolute Gasteiger partial charge is 0.252 e. The fraction of sp³-hybridized carbons (Fsp3) is 0.625. The van der Waals surface area contributed by atoms with Crippen LogP contribution >= 0.6 is 0 Å². The summed E-state index contributed by atoms with van der Waals surface area (Å²) in [6, 6.07) is 0. The Kier molecular flexibility index (Phi) is 4.72. The van der Waals surface area contributed by atoms with Gasteiger partial charge in [0.25, 0.3) is 5.91 Å². The zero-order valence-corrected chi connectivity index (χ0v) is 8.66. The predicted molar refractivity (Wildman–Crippen MR) is 51.5 cm³/mol. The summed E-state index contributed by atoms with van der Waals surface area (Å²) in [4.78, 5) is 33.0. The Labute approximate surface area is 87.0 Å². The van der Waals surface area contributed by atoms with E-state index in [2.05, 4.69) is 10.6 Å². The summed E-state index contributed by atoms with van der Waals surface area (Å²) in [5.41, 5.74) is 2.79. The second kappa shape index (κ2) is 5.30. The van der Waals surface area contributed by atoms with E-state index in [1.807, 2.05) is 0 Å². The fourth-order valence-corrected chi connectivity index (χ4v) is 1.10. The van der Waals surface area contributed by atoms with Gasteiger partial charge in [-0.15, -0.1) is 0 Å². The molecule has 7 heteroatoms. The average molecular weight is 217 g/mol. The number of hydrogen-bond acceptors (Lipinski definition) is 4. The van der Waals surface area contributed by atoms with Crippen molar-refractivity contribution in [2.75, 3.05) is 14.1 Å². The van der Waals surface area contributed by atoms with Gasteiger partial charge in [0.2, 0.25) is 11.8 Å². The van der Waals surface area contributed by atoms with E-state index < -0.39 is 36.2 Å². The summed E-state index contributed by atoms with van der Waals surface area (Å²) in [7, 11) is 2.65. The molecule has 0 aliphatic heterocycles. The number of rotatable bonds is 5. The monoisotopic (exact) mass is 217 g/mol. The molecule has 86 valence electrons. The van der Waals surface area contributed by atoms with Gasteiger partial charge < -0.3 is 21.5 Å². The highest BCUT2D eigenvalue weighted by Crippen LogP contribution is 2.15. The molecule has 0 saturated heterocycles. The van der Waals surface area contributed by atoms with Crippen LogP contribution < -0.4 is 16.4 Å². The van der Waals surface area contributed by atoms with Gasteiger partial charge in [-0.1, -0.05) is 0 Å².